The zero-order chi connectivity index (χ0) is 18.4. The molecule has 1 rings (SSSR count). The number of nitrogens with one attached hydrogen (secondary N) is 1. The molecule has 0 radical (unpaired) electrons. The van der Waals surface area contributed by atoms with Gasteiger partial charge in [0.25, 0.3) is 0 Å². The minimum absolute atomic E-state index is 0.0542. The molecular formula is C14H19F3N2O4S. The monoisotopic (exact) mass is 368 g/mol. The molecule has 0 heterocycles. The van der Waals surface area contributed by atoms with Crippen molar-refractivity contribution in [2.45, 2.75) is 24.0 Å². The van der Waals surface area contributed by atoms with Gasteiger partial charge in [0.15, 0.2) is 0 Å². The molecule has 0 fully saturated rings. The molecule has 0 aromatic heterocycles. The topological polar surface area (TPSA) is 75.7 Å². The Morgan fingerprint density at radius 1 is 1.25 bits per heavy atom. The van der Waals surface area contributed by atoms with E-state index in [0.29, 0.717) is 5.56 Å². The van der Waals surface area contributed by atoms with Gasteiger partial charge in [0, 0.05) is 27.1 Å². The van der Waals surface area contributed by atoms with Crippen molar-refractivity contribution in [2.24, 2.45) is 0 Å². The maximum atomic E-state index is 12.2. The van der Waals surface area contributed by atoms with Crippen LogP contribution >= 0.6 is 0 Å². The molecule has 0 aliphatic rings. The second kappa shape index (κ2) is 8.45. The number of benzene rings is 1. The number of carbonyl (C=O) groups excluding carboxylic acids is 1. The Bertz CT molecular complexity index is 660. The molecular weight excluding hydrogens is 349 g/mol. The Labute approximate surface area is 138 Å². The molecule has 136 valence electrons. The van der Waals surface area contributed by atoms with Gasteiger partial charge in [0.05, 0.1) is 11.5 Å². The summed E-state index contributed by atoms with van der Waals surface area (Å²) in [6.45, 7) is -1.84. The lowest BCUT2D eigenvalue weighted by molar-refractivity contribution is -0.174. The number of carbonyl (C=O) groups is 1. The fourth-order valence-electron chi connectivity index (χ4n) is 1.73. The normalized spacial score (nSPS) is 12.4. The maximum absolute atomic E-state index is 12.2. The Balaban J connectivity index is 2.58. The Kier molecular flexibility index (Phi) is 7.18. The summed E-state index contributed by atoms with van der Waals surface area (Å²) in [5, 5.41) is 2.46. The number of hydrogen-bond acceptors (Lipinski definition) is 4. The van der Waals surface area contributed by atoms with Crippen LogP contribution in [0.5, 0.6) is 0 Å². The van der Waals surface area contributed by atoms with Crippen molar-refractivity contribution in [3.05, 3.63) is 29.8 Å². The summed E-state index contributed by atoms with van der Waals surface area (Å²) < 4.78 is 65.4. The summed E-state index contributed by atoms with van der Waals surface area (Å²) in [6.07, 6.45) is -4.69. The van der Waals surface area contributed by atoms with Crippen molar-refractivity contribution in [3.8, 4) is 0 Å². The number of nitrogens with zero attached hydrogens (tertiary/aromatic N) is 1. The average molecular weight is 368 g/mol. The molecule has 1 amide bonds. The van der Waals surface area contributed by atoms with Crippen molar-refractivity contribution in [1.29, 1.82) is 0 Å². The fourth-order valence-corrected chi connectivity index (χ4v) is 2.85. The van der Waals surface area contributed by atoms with E-state index in [0.717, 1.165) is 4.31 Å². The van der Waals surface area contributed by atoms with E-state index in [2.05, 4.69) is 10.1 Å². The van der Waals surface area contributed by atoms with Gasteiger partial charge in [-0.3, -0.25) is 4.79 Å². The first kappa shape index (κ1) is 20.4. The standard InChI is InChI=1S/C14H19F3N2O4S/c1-19(2)24(21,22)12-6-4-3-5-11(12)9-18-13(20)7-8-23-10-14(15,16)17/h3-6H,7-10H2,1-2H3,(H,18,20). The van der Waals surface area contributed by atoms with E-state index in [9.17, 15) is 26.4 Å². The first-order valence-electron chi connectivity index (χ1n) is 6.95. The van der Waals surface area contributed by atoms with E-state index >= 15 is 0 Å². The lowest BCUT2D eigenvalue weighted by Gasteiger charge is -2.15. The zero-order valence-electron chi connectivity index (χ0n) is 13.3. The largest absolute Gasteiger partial charge is 0.411 e. The fraction of sp³-hybridized carbons (Fsp3) is 0.500. The van der Waals surface area contributed by atoms with Crippen molar-refractivity contribution >= 4 is 15.9 Å². The lowest BCUT2D eigenvalue weighted by atomic mass is 10.2. The third kappa shape index (κ3) is 6.46. The molecule has 24 heavy (non-hydrogen) atoms. The van der Waals surface area contributed by atoms with E-state index in [4.69, 9.17) is 0 Å². The number of alkyl halides is 3. The number of sulfonamides is 1. The summed E-state index contributed by atoms with van der Waals surface area (Å²) in [6, 6.07) is 6.16. The van der Waals surface area contributed by atoms with Gasteiger partial charge in [-0.2, -0.15) is 13.2 Å². The van der Waals surface area contributed by atoms with Gasteiger partial charge in [-0.1, -0.05) is 18.2 Å². The SMILES string of the molecule is CN(C)S(=O)(=O)c1ccccc1CNC(=O)CCOCC(F)(F)F. The summed E-state index contributed by atoms with van der Waals surface area (Å²) in [4.78, 5) is 11.7. The van der Waals surface area contributed by atoms with Gasteiger partial charge in [-0.05, 0) is 11.6 Å². The van der Waals surface area contributed by atoms with Crippen LogP contribution in [0.15, 0.2) is 29.2 Å². The van der Waals surface area contributed by atoms with E-state index in [-0.39, 0.29) is 24.5 Å². The van der Waals surface area contributed by atoms with Gasteiger partial charge < -0.3 is 10.1 Å². The molecule has 10 heteroatoms. The lowest BCUT2D eigenvalue weighted by Crippen LogP contribution is -2.28. The van der Waals surface area contributed by atoms with Crippen LogP contribution in [0.25, 0.3) is 0 Å². The van der Waals surface area contributed by atoms with Gasteiger partial charge in [0.1, 0.15) is 6.61 Å². The number of ether oxygens (including phenoxy) is 1. The highest BCUT2D eigenvalue weighted by atomic mass is 32.2. The second-order valence-corrected chi connectivity index (χ2v) is 7.21. The summed E-state index contributed by atoms with van der Waals surface area (Å²) >= 11 is 0. The highest BCUT2D eigenvalue weighted by molar-refractivity contribution is 7.89. The Morgan fingerprint density at radius 2 is 1.88 bits per heavy atom. The third-order valence-corrected chi connectivity index (χ3v) is 4.86. The smallest absolute Gasteiger partial charge is 0.372 e. The van der Waals surface area contributed by atoms with Gasteiger partial charge >= 0.3 is 6.18 Å². The molecule has 1 aromatic rings. The molecule has 1 N–H and O–H groups in total. The molecule has 0 saturated heterocycles. The third-order valence-electron chi connectivity index (χ3n) is 2.95. The van der Waals surface area contributed by atoms with Crippen LogP contribution < -0.4 is 5.32 Å². The highest BCUT2D eigenvalue weighted by Crippen LogP contribution is 2.18. The number of amides is 1. The van der Waals surface area contributed by atoms with Crippen molar-refractivity contribution in [2.75, 3.05) is 27.3 Å². The Morgan fingerprint density at radius 3 is 2.46 bits per heavy atom. The molecule has 0 atom stereocenters. The highest BCUT2D eigenvalue weighted by Gasteiger charge is 2.27. The minimum Gasteiger partial charge on any atom is -0.372 e. The van der Waals surface area contributed by atoms with Crippen molar-refractivity contribution in [3.63, 3.8) is 0 Å². The average Bonchev–Trinajstić information content (AvgIpc) is 2.48. The van der Waals surface area contributed by atoms with Crippen LogP contribution in [0.4, 0.5) is 13.2 Å². The molecule has 0 spiro atoms. The molecule has 6 nitrogen and oxygen atoms in total. The van der Waals surface area contributed by atoms with Crippen LogP contribution in [0.3, 0.4) is 0 Å². The van der Waals surface area contributed by atoms with E-state index in [1.165, 1.54) is 20.2 Å². The summed E-state index contributed by atoms with van der Waals surface area (Å²) in [5.41, 5.74) is 0.385. The summed E-state index contributed by atoms with van der Waals surface area (Å²) in [7, 11) is -0.877. The molecule has 0 saturated carbocycles. The maximum Gasteiger partial charge on any atom is 0.411 e. The molecule has 0 bridgehead atoms. The number of hydrogen-bond donors (Lipinski definition) is 1. The first-order chi connectivity index (χ1) is 11.0. The van der Waals surface area contributed by atoms with Gasteiger partial charge in [0.2, 0.25) is 15.9 Å². The second-order valence-electron chi connectivity index (χ2n) is 5.09. The minimum atomic E-state index is -4.43. The van der Waals surface area contributed by atoms with Gasteiger partial charge in [-0.15, -0.1) is 0 Å². The quantitative estimate of drug-likeness (QED) is 0.706. The zero-order valence-corrected chi connectivity index (χ0v) is 14.1. The molecule has 1 aromatic carbocycles. The van der Waals surface area contributed by atoms with E-state index < -0.39 is 28.7 Å². The van der Waals surface area contributed by atoms with Gasteiger partial charge in [-0.25, -0.2) is 12.7 Å². The van der Waals surface area contributed by atoms with Crippen LogP contribution in [-0.2, 0) is 26.1 Å². The predicted molar refractivity (Wildman–Crippen MR) is 80.7 cm³/mol. The molecule has 0 aliphatic carbocycles. The Hall–Kier alpha value is -1.65. The van der Waals surface area contributed by atoms with E-state index in [1.54, 1.807) is 18.2 Å². The number of halogens is 3. The van der Waals surface area contributed by atoms with Crippen LogP contribution in [-0.4, -0.2) is 52.1 Å². The molecule has 0 aliphatic heterocycles. The first-order valence-corrected chi connectivity index (χ1v) is 8.39. The van der Waals surface area contributed by atoms with Crippen molar-refractivity contribution in [1.82, 2.24) is 9.62 Å². The predicted octanol–water partition coefficient (Wildman–Crippen LogP) is 1.52. The number of rotatable bonds is 8. The summed E-state index contributed by atoms with van der Waals surface area (Å²) in [5.74, 6) is -0.533. The molecule has 0 unspecified atom stereocenters. The van der Waals surface area contributed by atoms with Crippen LogP contribution in [0.2, 0.25) is 0 Å². The van der Waals surface area contributed by atoms with E-state index in [1.807, 2.05) is 0 Å². The van der Waals surface area contributed by atoms with Crippen LogP contribution in [0.1, 0.15) is 12.0 Å². The van der Waals surface area contributed by atoms with Crippen molar-refractivity contribution < 1.29 is 31.1 Å². The van der Waals surface area contributed by atoms with Crippen LogP contribution in [0, 0.1) is 0 Å².